The molecular formula is C25H29N3O4. The zero-order valence-electron chi connectivity index (χ0n) is 18.6. The fraction of sp³-hybridized carbons (Fsp3) is 0.360. The third-order valence-electron chi connectivity index (χ3n) is 6.18. The second kappa shape index (κ2) is 9.34. The first-order valence-electron chi connectivity index (χ1n) is 10.8. The molecule has 3 atom stereocenters. The molecule has 1 aliphatic rings. The van der Waals surface area contributed by atoms with Gasteiger partial charge in [-0.25, -0.2) is 0 Å². The number of rotatable bonds is 9. The molecule has 32 heavy (non-hydrogen) atoms. The van der Waals surface area contributed by atoms with Gasteiger partial charge in [0, 0.05) is 41.0 Å². The van der Waals surface area contributed by atoms with Gasteiger partial charge in [-0.3, -0.25) is 9.59 Å². The van der Waals surface area contributed by atoms with Crippen molar-refractivity contribution in [2.75, 3.05) is 27.3 Å². The maximum atomic E-state index is 12.5. The van der Waals surface area contributed by atoms with Crippen LogP contribution in [0.1, 0.15) is 30.4 Å². The van der Waals surface area contributed by atoms with Crippen LogP contribution in [-0.2, 0) is 9.59 Å². The van der Waals surface area contributed by atoms with Gasteiger partial charge in [0.25, 0.3) is 0 Å². The molecule has 3 aromatic rings. The molecule has 0 spiro atoms. The molecule has 4 rings (SSSR count). The van der Waals surface area contributed by atoms with E-state index in [2.05, 4.69) is 21.7 Å². The number of ether oxygens (including phenoxy) is 2. The Bertz CT molecular complexity index is 1120. The summed E-state index contributed by atoms with van der Waals surface area (Å²) in [7, 11) is 3.22. The zero-order chi connectivity index (χ0) is 22.7. The van der Waals surface area contributed by atoms with Gasteiger partial charge in [0.2, 0.25) is 11.8 Å². The highest BCUT2D eigenvalue weighted by atomic mass is 16.5. The van der Waals surface area contributed by atoms with E-state index in [4.69, 9.17) is 9.47 Å². The van der Waals surface area contributed by atoms with Crippen LogP contribution in [0, 0.1) is 11.8 Å². The Morgan fingerprint density at radius 3 is 2.56 bits per heavy atom. The highest BCUT2D eigenvalue weighted by Crippen LogP contribution is 2.40. The van der Waals surface area contributed by atoms with Crippen molar-refractivity contribution in [1.82, 2.24) is 15.6 Å². The van der Waals surface area contributed by atoms with E-state index in [0.717, 1.165) is 28.5 Å². The lowest BCUT2D eigenvalue weighted by Crippen LogP contribution is -2.39. The topological polar surface area (TPSA) is 92.5 Å². The van der Waals surface area contributed by atoms with Crippen LogP contribution in [0.25, 0.3) is 10.9 Å². The predicted octanol–water partition coefficient (Wildman–Crippen LogP) is 3.21. The molecule has 2 amide bonds. The molecule has 1 aromatic heterocycles. The highest BCUT2D eigenvalue weighted by molar-refractivity contribution is 5.87. The molecule has 0 radical (unpaired) electrons. The van der Waals surface area contributed by atoms with Crippen LogP contribution in [0.15, 0.2) is 48.7 Å². The lowest BCUT2D eigenvalue weighted by atomic mass is 9.90. The molecule has 1 fully saturated rings. The number of methoxy groups -OCH3 is 2. The summed E-state index contributed by atoms with van der Waals surface area (Å²) in [6.45, 7) is 2.36. The van der Waals surface area contributed by atoms with Gasteiger partial charge in [0.05, 0.1) is 20.8 Å². The van der Waals surface area contributed by atoms with E-state index < -0.39 is 0 Å². The van der Waals surface area contributed by atoms with Crippen molar-refractivity contribution in [2.45, 2.75) is 19.3 Å². The number of nitrogens with one attached hydrogen (secondary N) is 3. The number of amides is 2. The molecule has 0 unspecified atom stereocenters. The van der Waals surface area contributed by atoms with Crippen molar-refractivity contribution in [3.63, 3.8) is 0 Å². The fourth-order valence-electron chi connectivity index (χ4n) is 4.22. The number of carbonyl (C=O) groups excluding carboxylic acids is 2. The summed E-state index contributed by atoms with van der Waals surface area (Å²) in [5, 5.41) is 6.80. The van der Waals surface area contributed by atoms with E-state index in [1.807, 2.05) is 49.5 Å². The summed E-state index contributed by atoms with van der Waals surface area (Å²) in [6.07, 6.45) is 2.86. The fourth-order valence-corrected chi connectivity index (χ4v) is 4.22. The highest BCUT2D eigenvalue weighted by Gasteiger charge is 2.39. The Labute approximate surface area is 187 Å². The van der Waals surface area contributed by atoms with E-state index in [1.165, 1.54) is 0 Å². The van der Waals surface area contributed by atoms with Crippen LogP contribution < -0.4 is 20.1 Å². The quantitative estimate of drug-likeness (QED) is 0.481. The van der Waals surface area contributed by atoms with Crippen LogP contribution in [0.2, 0.25) is 0 Å². The second-order valence-electron chi connectivity index (χ2n) is 8.27. The number of hydrogen-bond donors (Lipinski definition) is 3. The minimum absolute atomic E-state index is 0.0299. The molecule has 7 heteroatoms. The van der Waals surface area contributed by atoms with Crippen molar-refractivity contribution in [1.29, 1.82) is 0 Å². The van der Waals surface area contributed by atoms with Gasteiger partial charge in [-0.1, -0.05) is 37.3 Å². The molecule has 1 saturated carbocycles. The van der Waals surface area contributed by atoms with Crippen molar-refractivity contribution < 1.29 is 19.1 Å². The van der Waals surface area contributed by atoms with Gasteiger partial charge in [-0.05, 0) is 30.0 Å². The van der Waals surface area contributed by atoms with Crippen molar-refractivity contribution in [3.8, 4) is 11.5 Å². The number of aromatic amines is 1. The van der Waals surface area contributed by atoms with Crippen LogP contribution in [-0.4, -0.2) is 44.1 Å². The van der Waals surface area contributed by atoms with Crippen LogP contribution in [0.5, 0.6) is 11.5 Å². The summed E-state index contributed by atoms with van der Waals surface area (Å²) in [4.78, 5) is 27.9. The van der Waals surface area contributed by atoms with Crippen molar-refractivity contribution >= 4 is 22.7 Å². The molecule has 0 bridgehead atoms. The number of H-pyrrole nitrogens is 1. The first-order chi connectivity index (χ1) is 15.5. The van der Waals surface area contributed by atoms with E-state index in [0.29, 0.717) is 24.0 Å². The molecule has 1 heterocycles. The lowest BCUT2D eigenvalue weighted by Gasteiger charge is -2.22. The van der Waals surface area contributed by atoms with E-state index in [9.17, 15) is 9.59 Å². The normalized spacial score (nSPS) is 18.1. The minimum Gasteiger partial charge on any atom is -0.493 e. The van der Waals surface area contributed by atoms with Gasteiger partial charge >= 0.3 is 0 Å². The van der Waals surface area contributed by atoms with Crippen molar-refractivity contribution in [3.05, 3.63) is 59.8 Å². The number of hydrogen-bond acceptors (Lipinski definition) is 4. The van der Waals surface area contributed by atoms with Gasteiger partial charge in [0.1, 0.15) is 0 Å². The summed E-state index contributed by atoms with van der Waals surface area (Å²) >= 11 is 0. The summed E-state index contributed by atoms with van der Waals surface area (Å²) in [5.41, 5.74) is 2.97. The van der Waals surface area contributed by atoms with E-state index in [1.54, 1.807) is 14.2 Å². The van der Waals surface area contributed by atoms with E-state index in [-0.39, 0.29) is 30.2 Å². The molecular weight excluding hydrogens is 406 g/mol. The number of aromatic nitrogens is 1. The first-order valence-corrected chi connectivity index (χ1v) is 10.8. The molecule has 7 nitrogen and oxygen atoms in total. The third-order valence-corrected chi connectivity index (χ3v) is 6.18. The van der Waals surface area contributed by atoms with Crippen LogP contribution in [0.3, 0.4) is 0 Å². The second-order valence-corrected chi connectivity index (χ2v) is 8.27. The first kappa shape index (κ1) is 21.7. The monoisotopic (exact) mass is 435 g/mol. The third kappa shape index (κ3) is 4.42. The minimum atomic E-state index is -0.224. The van der Waals surface area contributed by atoms with E-state index >= 15 is 0 Å². The van der Waals surface area contributed by atoms with Crippen LogP contribution in [0.4, 0.5) is 0 Å². The number of fused-ring (bicyclic) bond motifs is 1. The maximum absolute atomic E-state index is 12.5. The molecule has 2 aromatic carbocycles. The standard InChI is InChI=1S/C25H29N3O4/c1-15-11-18(15)25(30)28-14-23(29)27-13-20(17-8-6-10-22(31-2)24(17)32-3)19-12-26-21-9-5-4-7-16(19)21/h4-10,12,15,18,20,26H,11,13-14H2,1-3H3,(H,27,29)(H,28,30)/t15-,18+,20-/m0/s1. The average molecular weight is 436 g/mol. The maximum Gasteiger partial charge on any atom is 0.239 e. The summed E-state index contributed by atoms with van der Waals surface area (Å²) in [5.74, 6) is 1.27. The zero-order valence-corrected chi connectivity index (χ0v) is 18.6. The Balaban J connectivity index is 1.57. The summed E-state index contributed by atoms with van der Waals surface area (Å²) in [6, 6.07) is 13.8. The van der Waals surface area contributed by atoms with Crippen LogP contribution >= 0.6 is 0 Å². The number of carbonyl (C=O) groups is 2. The van der Waals surface area contributed by atoms with Gasteiger partial charge in [-0.15, -0.1) is 0 Å². The SMILES string of the molecule is COc1cccc([C@H](CNC(=O)CNC(=O)[C@@H]2C[C@@H]2C)c2c[nH]c3ccccc23)c1OC. The molecule has 168 valence electrons. The van der Waals surface area contributed by atoms with Crippen molar-refractivity contribution in [2.24, 2.45) is 11.8 Å². The number of para-hydroxylation sites is 2. The molecule has 1 aliphatic carbocycles. The predicted molar refractivity (Wildman–Crippen MR) is 123 cm³/mol. The van der Waals surface area contributed by atoms with Gasteiger partial charge in [0.15, 0.2) is 11.5 Å². The smallest absolute Gasteiger partial charge is 0.239 e. The largest absolute Gasteiger partial charge is 0.493 e. The molecule has 0 saturated heterocycles. The van der Waals surface area contributed by atoms with Gasteiger partial charge in [-0.2, -0.15) is 0 Å². The average Bonchev–Trinajstić information content (AvgIpc) is 3.40. The van der Waals surface area contributed by atoms with Gasteiger partial charge < -0.3 is 25.1 Å². The Morgan fingerprint density at radius 1 is 1.06 bits per heavy atom. The Kier molecular flexibility index (Phi) is 6.35. The summed E-state index contributed by atoms with van der Waals surface area (Å²) < 4.78 is 11.2. The molecule has 0 aliphatic heterocycles. The number of benzene rings is 2. The Hall–Kier alpha value is -3.48. The lowest BCUT2D eigenvalue weighted by molar-refractivity contribution is -0.127. The molecule has 3 N–H and O–H groups in total. The Morgan fingerprint density at radius 2 is 1.84 bits per heavy atom.